The summed E-state index contributed by atoms with van der Waals surface area (Å²) in [5.74, 6) is 0.805. The predicted molar refractivity (Wildman–Crippen MR) is 124 cm³/mol. The van der Waals surface area contributed by atoms with E-state index in [1.807, 2.05) is 60.8 Å². The number of rotatable bonds is 5. The molecule has 1 N–H and O–H groups in total. The van der Waals surface area contributed by atoms with Crippen LogP contribution in [0, 0.1) is 0 Å². The maximum Gasteiger partial charge on any atom is 0.174 e. The van der Waals surface area contributed by atoms with Crippen LogP contribution in [-0.4, -0.2) is 26.8 Å². The van der Waals surface area contributed by atoms with Crippen LogP contribution in [-0.2, 0) is 0 Å². The summed E-state index contributed by atoms with van der Waals surface area (Å²) in [4.78, 5) is 10.9. The second-order valence-corrected chi connectivity index (χ2v) is 7.59. The van der Waals surface area contributed by atoms with Gasteiger partial charge in [-0.2, -0.15) is 0 Å². The van der Waals surface area contributed by atoms with E-state index in [-0.39, 0.29) is 12.1 Å². The predicted octanol–water partition coefficient (Wildman–Crippen LogP) is 4.45. The quantitative estimate of drug-likeness (QED) is 0.475. The topological polar surface area (TPSA) is 55.2 Å². The number of nitrogens with one attached hydrogen (secondary N) is 1. The van der Waals surface area contributed by atoms with Gasteiger partial charge in [0.1, 0.15) is 11.8 Å². The highest BCUT2D eigenvalue weighted by Crippen LogP contribution is 2.42. The maximum atomic E-state index is 5.81. The molecule has 3 aromatic heterocycles. The fourth-order valence-corrected chi connectivity index (χ4v) is 4.40. The van der Waals surface area contributed by atoms with E-state index in [0.29, 0.717) is 5.11 Å². The molecule has 7 heteroatoms. The number of pyridine rings is 2. The van der Waals surface area contributed by atoms with Crippen LogP contribution in [0.1, 0.15) is 23.5 Å². The van der Waals surface area contributed by atoms with Gasteiger partial charge in [-0.05, 0) is 72.9 Å². The first kappa shape index (κ1) is 19.3. The van der Waals surface area contributed by atoms with Crippen LogP contribution >= 0.6 is 12.2 Å². The number of hydrogen-bond acceptors (Lipinski definition) is 4. The molecule has 1 aromatic carbocycles. The first-order chi connectivity index (χ1) is 15.3. The molecule has 1 saturated heterocycles. The van der Waals surface area contributed by atoms with E-state index >= 15 is 0 Å². The molecule has 1 aliphatic heterocycles. The van der Waals surface area contributed by atoms with Gasteiger partial charge in [0.25, 0.3) is 0 Å². The number of ether oxygens (including phenoxy) is 1. The summed E-state index contributed by atoms with van der Waals surface area (Å²) in [6.45, 7) is 0. The first-order valence-electron chi connectivity index (χ1n) is 9.98. The third-order valence-electron chi connectivity index (χ3n) is 5.47. The maximum absolute atomic E-state index is 5.81. The van der Waals surface area contributed by atoms with Crippen LogP contribution in [0.5, 0.6) is 5.75 Å². The molecule has 1 aliphatic rings. The smallest absolute Gasteiger partial charge is 0.174 e. The number of hydrogen-bond donors (Lipinski definition) is 1. The summed E-state index contributed by atoms with van der Waals surface area (Å²) in [5, 5.41) is 4.16. The van der Waals surface area contributed by atoms with Gasteiger partial charge in [-0.1, -0.05) is 6.07 Å². The summed E-state index contributed by atoms with van der Waals surface area (Å²) in [7, 11) is 1.67. The molecule has 1 fully saturated rings. The van der Waals surface area contributed by atoms with Gasteiger partial charge in [0.05, 0.1) is 18.8 Å². The van der Waals surface area contributed by atoms with Crippen molar-refractivity contribution >= 4 is 23.0 Å². The molecular weight excluding hydrogens is 406 g/mol. The van der Waals surface area contributed by atoms with Crippen molar-refractivity contribution in [2.75, 3.05) is 12.0 Å². The van der Waals surface area contributed by atoms with Gasteiger partial charge < -0.3 is 19.5 Å². The van der Waals surface area contributed by atoms with Crippen molar-refractivity contribution in [2.45, 2.75) is 12.1 Å². The lowest BCUT2D eigenvalue weighted by Gasteiger charge is -2.29. The summed E-state index contributed by atoms with van der Waals surface area (Å²) in [6.07, 6.45) is 7.48. The Bertz CT molecular complexity index is 1180. The molecule has 4 aromatic rings. The highest BCUT2D eigenvalue weighted by atomic mass is 32.1. The van der Waals surface area contributed by atoms with Gasteiger partial charge in [-0.25, -0.2) is 0 Å². The molecule has 0 aliphatic carbocycles. The van der Waals surface area contributed by atoms with E-state index in [9.17, 15) is 0 Å². The van der Waals surface area contributed by atoms with Crippen molar-refractivity contribution in [2.24, 2.45) is 0 Å². The van der Waals surface area contributed by atoms with Crippen LogP contribution < -0.4 is 15.0 Å². The third-order valence-corrected chi connectivity index (χ3v) is 5.79. The second kappa shape index (κ2) is 8.20. The minimum atomic E-state index is -0.105. The summed E-state index contributed by atoms with van der Waals surface area (Å²) in [5.41, 5.74) is 4.07. The molecule has 4 heterocycles. The van der Waals surface area contributed by atoms with E-state index < -0.39 is 0 Å². The Labute approximate surface area is 186 Å². The fraction of sp³-hybridized carbons (Fsp3) is 0.125. The van der Waals surface area contributed by atoms with Crippen LogP contribution in [0.4, 0.5) is 5.69 Å². The molecule has 5 rings (SSSR count). The molecular formula is C24H21N5OS. The largest absolute Gasteiger partial charge is 0.497 e. The number of anilines is 1. The van der Waals surface area contributed by atoms with Crippen LogP contribution in [0.2, 0.25) is 0 Å². The van der Waals surface area contributed by atoms with E-state index in [4.69, 9.17) is 17.0 Å². The van der Waals surface area contributed by atoms with E-state index in [1.54, 1.807) is 19.5 Å². The van der Waals surface area contributed by atoms with Crippen molar-refractivity contribution in [1.82, 2.24) is 19.9 Å². The number of methoxy groups -OCH3 is 1. The van der Waals surface area contributed by atoms with Gasteiger partial charge in [0, 0.05) is 41.9 Å². The number of aromatic nitrogens is 3. The van der Waals surface area contributed by atoms with Gasteiger partial charge in [-0.3, -0.25) is 9.97 Å². The van der Waals surface area contributed by atoms with Crippen molar-refractivity contribution in [3.05, 3.63) is 103 Å². The normalized spacial score (nSPS) is 18.1. The van der Waals surface area contributed by atoms with Crippen molar-refractivity contribution in [3.63, 3.8) is 0 Å². The average molecular weight is 428 g/mol. The summed E-state index contributed by atoms with van der Waals surface area (Å²) >= 11 is 5.81. The lowest BCUT2D eigenvalue weighted by Crippen LogP contribution is -2.30. The van der Waals surface area contributed by atoms with Crippen LogP contribution in [0.3, 0.4) is 0 Å². The number of thiocarbonyl (C=S) groups is 1. The lowest BCUT2D eigenvalue weighted by atomic mass is 10.0. The van der Waals surface area contributed by atoms with Gasteiger partial charge >= 0.3 is 0 Å². The molecule has 0 spiro atoms. The minimum absolute atomic E-state index is 0.0982. The molecule has 2 atom stereocenters. The Morgan fingerprint density at radius 3 is 2.42 bits per heavy atom. The Kier molecular flexibility index (Phi) is 5.09. The van der Waals surface area contributed by atoms with E-state index in [2.05, 4.69) is 43.1 Å². The SMILES string of the molecule is COc1ccc(N2C(=S)N[C@@H](c3ccccn3)[C@@H]2c2cccn2-c2ccncc2)cc1. The van der Waals surface area contributed by atoms with E-state index in [1.165, 1.54) is 0 Å². The molecule has 6 nitrogen and oxygen atoms in total. The molecule has 0 saturated carbocycles. The Morgan fingerprint density at radius 2 is 1.71 bits per heavy atom. The van der Waals surface area contributed by atoms with Crippen molar-refractivity contribution in [3.8, 4) is 11.4 Å². The highest BCUT2D eigenvalue weighted by molar-refractivity contribution is 7.80. The zero-order valence-corrected chi connectivity index (χ0v) is 17.7. The molecule has 31 heavy (non-hydrogen) atoms. The number of nitrogens with zero attached hydrogens (tertiary/aromatic N) is 4. The molecule has 0 unspecified atom stereocenters. The molecule has 0 amide bonds. The number of benzene rings is 1. The molecule has 154 valence electrons. The van der Waals surface area contributed by atoms with Gasteiger partial charge in [0.15, 0.2) is 5.11 Å². The third kappa shape index (κ3) is 3.53. The minimum Gasteiger partial charge on any atom is -0.497 e. The van der Waals surface area contributed by atoms with Crippen molar-refractivity contribution in [1.29, 1.82) is 0 Å². The Balaban J connectivity index is 1.65. The molecule has 0 bridgehead atoms. The summed E-state index contributed by atoms with van der Waals surface area (Å²) < 4.78 is 7.51. The Hall–Kier alpha value is -3.71. The van der Waals surface area contributed by atoms with Crippen LogP contribution in [0.25, 0.3) is 5.69 Å². The monoisotopic (exact) mass is 427 g/mol. The Morgan fingerprint density at radius 1 is 0.903 bits per heavy atom. The average Bonchev–Trinajstić information content (AvgIpc) is 3.44. The van der Waals surface area contributed by atoms with E-state index in [0.717, 1.165) is 28.5 Å². The highest BCUT2D eigenvalue weighted by Gasteiger charge is 2.42. The lowest BCUT2D eigenvalue weighted by molar-refractivity contribution is 0.415. The first-order valence-corrected chi connectivity index (χ1v) is 10.4. The summed E-state index contributed by atoms with van der Waals surface area (Å²) in [6, 6.07) is 21.9. The van der Waals surface area contributed by atoms with Crippen LogP contribution in [0.15, 0.2) is 91.5 Å². The fourth-order valence-electron chi connectivity index (χ4n) is 4.05. The van der Waals surface area contributed by atoms with Gasteiger partial charge in [-0.15, -0.1) is 0 Å². The standard InChI is InChI=1S/C24H21N5OS/c1-30-19-9-7-18(8-10-19)29-23(22(27-24(29)31)20-5-2-3-13-26-20)21-6-4-16-28(21)17-11-14-25-15-12-17/h2-16,22-23H,1H3,(H,27,31)/t22-,23-/m0/s1. The molecule has 0 radical (unpaired) electrons. The second-order valence-electron chi connectivity index (χ2n) is 7.20. The zero-order chi connectivity index (χ0) is 21.2. The zero-order valence-electron chi connectivity index (χ0n) is 16.9. The van der Waals surface area contributed by atoms with Crippen molar-refractivity contribution < 1.29 is 4.74 Å². The van der Waals surface area contributed by atoms with Gasteiger partial charge in [0.2, 0.25) is 0 Å².